The minimum Gasteiger partial charge on any atom is -1.00 e. The van der Waals surface area contributed by atoms with E-state index in [4.69, 9.17) is 6.58 Å². The van der Waals surface area contributed by atoms with Gasteiger partial charge < -0.3 is 17.0 Å². The van der Waals surface area contributed by atoms with Crippen molar-refractivity contribution in [2.45, 2.75) is 0 Å². The molecule has 0 bridgehead atoms. The first-order valence-corrected chi connectivity index (χ1v) is 1.07. The van der Waals surface area contributed by atoms with Crippen LogP contribution in [0.2, 0.25) is 0 Å². The summed E-state index contributed by atoms with van der Waals surface area (Å²) in [6.45, 7) is 8.08. The second-order valence-corrected chi connectivity index (χ2v) is 0.428. The molecule has 0 saturated carbocycles. The SMILES string of the molecule is [Br-].[CH-]=CC=C.[Mg+2]. The van der Waals surface area contributed by atoms with Gasteiger partial charge in [0.25, 0.3) is 0 Å². The van der Waals surface area contributed by atoms with Crippen LogP contribution in [0.15, 0.2) is 18.7 Å². The maximum absolute atomic E-state index is 4.78. The van der Waals surface area contributed by atoms with Gasteiger partial charge in [-0.05, 0) is 0 Å². The van der Waals surface area contributed by atoms with Gasteiger partial charge in [0.15, 0.2) is 0 Å². The Balaban J connectivity index is -0.0000000450. The smallest absolute Gasteiger partial charge is 1.00 e. The molecule has 0 heterocycles. The molecule has 0 radical (unpaired) electrons. The van der Waals surface area contributed by atoms with Gasteiger partial charge in [-0.25, -0.2) is 12.2 Å². The first kappa shape index (κ1) is 15.9. The first-order chi connectivity index (χ1) is 1.91. The zero-order valence-electron chi connectivity index (χ0n) is 3.52. The van der Waals surface area contributed by atoms with E-state index in [1.165, 1.54) is 12.2 Å². The molecule has 0 saturated heterocycles. The molecule has 0 nitrogen and oxygen atoms in total. The molecule has 6 heavy (non-hydrogen) atoms. The maximum Gasteiger partial charge on any atom is 2.00 e. The van der Waals surface area contributed by atoms with Crippen LogP contribution in [0.1, 0.15) is 0 Å². The van der Waals surface area contributed by atoms with Gasteiger partial charge in [0.1, 0.15) is 0 Å². The number of allylic oxidation sites excluding steroid dienone is 2. The minimum atomic E-state index is 0. The monoisotopic (exact) mass is 156 g/mol. The minimum absolute atomic E-state index is 0. The summed E-state index contributed by atoms with van der Waals surface area (Å²) in [7, 11) is 0. The summed E-state index contributed by atoms with van der Waals surface area (Å²) in [5.74, 6) is 0. The molecule has 0 aromatic carbocycles. The van der Waals surface area contributed by atoms with E-state index in [0.717, 1.165) is 0 Å². The number of hydrogen-bond acceptors (Lipinski definition) is 0. The van der Waals surface area contributed by atoms with Gasteiger partial charge in [-0.1, -0.05) is 0 Å². The molecule has 0 aliphatic carbocycles. The van der Waals surface area contributed by atoms with Gasteiger partial charge >= 0.3 is 23.1 Å². The molecular formula is C4H5BrMg. The Morgan fingerprint density at radius 1 is 1.50 bits per heavy atom. The number of hydrogen-bond donors (Lipinski definition) is 0. The van der Waals surface area contributed by atoms with Crippen molar-refractivity contribution in [3.8, 4) is 0 Å². The van der Waals surface area contributed by atoms with Crippen LogP contribution in [0.5, 0.6) is 0 Å². The summed E-state index contributed by atoms with van der Waals surface area (Å²) >= 11 is 0. The Bertz CT molecular complexity index is 28.5. The predicted molar refractivity (Wildman–Crippen MR) is 24.8 cm³/mol. The molecule has 0 N–H and O–H groups in total. The average molecular weight is 157 g/mol. The van der Waals surface area contributed by atoms with E-state index >= 15 is 0 Å². The van der Waals surface area contributed by atoms with Gasteiger partial charge in [0, 0.05) is 0 Å². The number of rotatable bonds is 1. The molecule has 0 spiro atoms. The van der Waals surface area contributed by atoms with Gasteiger partial charge in [-0.2, -0.15) is 6.58 Å². The molecule has 0 aliphatic heterocycles. The van der Waals surface area contributed by atoms with E-state index in [2.05, 4.69) is 6.58 Å². The normalized spacial score (nSPS) is 3.33. The zero-order valence-corrected chi connectivity index (χ0v) is 6.52. The third-order valence-electron chi connectivity index (χ3n) is 0.136. The van der Waals surface area contributed by atoms with Crippen LogP contribution in [-0.4, -0.2) is 23.1 Å². The van der Waals surface area contributed by atoms with Crippen LogP contribution in [0, 0.1) is 6.58 Å². The van der Waals surface area contributed by atoms with E-state index in [1.54, 1.807) is 0 Å². The zero-order chi connectivity index (χ0) is 3.41. The summed E-state index contributed by atoms with van der Waals surface area (Å²) in [6, 6.07) is 0. The van der Waals surface area contributed by atoms with Crippen molar-refractivity contribution in [3.05, 3.63) is 25.3 Å². The Morgan fingerprint density at radius 3 is 1.67 bits per heavy atom. The van der Waals surface area contributed by atoms with Crippen molar-refractivity contribution in [2.24, 2.45) is 0 Å². The van der Waals surface area contributed by atoms with Gasteiger partial charge in [0.2, 0.25) is 0 Å². The van der Waals surface area contributed by atoms with Crippen LogP contribution in [0.3, 0.4) is 0 Å². The molecule has 0 fully saturated rings. The van der Waals surface area contributed by atoms with Crippen LogP contribution in [0.25, 0.3) is 0 Å². The Morgan fingerprint density at radius 2 is 1.67 bits per heavy atom. The van der Waals surface area contributed by atoms with Crippen molar-refractivity contribution < 1.29 is 17.0 Å². The fourth-order valence-electron chi connectivity index (χ4n) is 0. The van der Waals surface area contributed by atoms with Crippen molar-refractivity contribution in [1.82, 2.24) is 0 Å². The molecule has 0 rings (SSSR count). The van der Waals surface area contributed by atoms with E-state index < -0.39 is 0 Å². The number of halogens is 1. The van der Waals surface area contributed by atoms with Crippen LogP contribution < -0.4 is 17.0 Å². The van der Waals surface area contributed by atoms with Crippen LogP contribution in [-0.2, 0) is 0 Å². The van der Waals surface area contributed by atoms with E-state index in [1.807, 2.05) is 0 Å². The molecule has 0 aromatic heterocycles. The quantitative estimate of drug-likeness (QED) is 0.230. The van der Waals surface area contributed by atoms with E-state index in [-0.39, 0.29) is 40.0 Å². The summed E-state index contributed by atoms with van der Waals surface area (Å²) in [6.07, 6.45) is 2.92. The second-order valence-electron chi connectivity index (χ2n) is 0.428. The van der Waals surface area contributed by atoms with E-state index in [9.17, 15) is 0 Å². The Kier molecular flexibility index (Phi) is 45.6. The van der Waals surface area contributed by atoms with Gasteiger partial charge in [-0.3, -0.25) is 6.58 Å². The second kappa shape index (κ2) is 17.2. The predicted octanol–water partition coefficient (Wildman–Crippen LogP) is -2.22. The molecule has 0 aliphatic rings. The molecule has 0 amide bonds. The molecular weight excluding hydrogens is 152 g/mol. The Labute approximate surface area is 65.2 Å². The van der Waals surface area contributed by atoms with E-state index in [0.29, 0.717) is 0 Å². The average Bonchev–Trinajstić information content (AvgIpc) is 1.37. The van der Waals surface area contributed by atoms with Gasteiger partial charge in [-0.15, -0.1) is 0 Å². The van der Waals surface area contributed by atoms with Crippen molar-refractivity contribution >= 4 is 23.1 Å². The summed E-state index contributed by atoms with van der Waals surface area (Å²) in [5, 5.41) is 0. The van der Waals surface area contributed by atoms with Crippen LogP contribution >= 0.6 is 0 Å². The maximum atomic E-state index is 4.78. The molecule has 0 atom stereocenters. The van der Waals surface area contributed by atoms with Crippen molar-refractivity contribution in [1.29, 1.82) is 0 Å². The largest absolute Gasteiger partial charge is 2.00 e. The van der Waals surface area contributed by atoms with Crippen LogP contribution in [0.4, 0.5) is 0 Å². The topological polar surface area (TPSA) is 0 Å². The molecule has 30 valence electrons. The molecule has 2 heteroatoms. The van der Waals surface area contributed by atoms with Gasteiger partial charge in [0.05, 0.1) is 0 Å². The fraction of sp³-hybridized carbons (Fsp3) is 0. The summed E-state index contributed by atoms with van der Waals surface area (Å²) < 4.78 is 0. The third-order valence-corrected chi connectivity index (χ3v) is 0.136. The molecule has 0 unspecified atom stereocenters. The fourth-order valence-corrected chi connectivity index (χ4v) is 0. The van der Waals surface area contributed by atoms with Crippen molar-refractivity contribution in [2.75, 3.05) is 0 Å². The standard InChI is InChI=1S/C4H5.BrH.Mg/c1-3-4-2;;/h1,3-4H,2H2;1H;/q-1;;+2/p-1. The molecule has 0 aromatic rings. The summed E-state index contributed by atoms with van der Waals surface area (Å²) in [5.41, 5.74) is 0. The first-order valence-electron chi connectivity index (χ1n) is 1.07. The van der Waals surface area contributed by atoms with Crippen molar-refractivity contribution in [3.63, 3.8) is 0 Å². The summed E-state index contributed by atoms with van der Waals surface area (Å²) in [4.78, 5) is 0. The third kappa shape index (κ3) is 22.0. The Hall–Kier alpha value is 0.726.